The Morgan fingerprint density at radius 3 is 2.50 bits per heavy atom. The zero-order valence-electron chi connectivity index (χ0n) is 11.9. The first-order chi connectivity index (χ1) is 10.4. The topological polar surface area (TPSA) is 50.4 Å². The molecule has 0 amide bonds. The van der Waals surface area contributed by atoms with Gasteiger partial charge in [-0.1, -0.05) is 29.3 Å². The van der Waals surface area contributed by atoms with Crippen molar-refractivity contribution in [1.82, 2.24) is 0 Å². The molecule has 0 spiro atoms. The molecule has 0 atom stereocenters. The van der Waals surface area contributed by atoms with Crippen LogP contribution in [0.5, 0.6) is 5.75 Å². The molecule has 0 saturated heterocycles. The summed E-state index contributed by atoms with van der Waals surface area (Å²) in [5.74, 6) is -0.409. The van der Waals surface area contributed by atoms with E-state index in [9.17, 15) is 9.90 Å². The molecule has 22 heavy (non-hydrogen) atoms. The van der Waals surface area contributed by atoms with E-state index in [1.807, 2.05) is 19.9 Å². The molecule has 0 aliphatic carbocycles. The summed E-state index contributed by atoms with van der Waals surface area (Å²) in [5, 5.41) is 11.3. The number of benzene rings is 2. The highest BCUT2D eigenvalue weighted by molar-refractivity contribution is 6.36. The van der Waals surface area contributed by atoms with Crippen LogP contribution in [0.3, 0.4) is 0 Å². The molecule has 0 bridgehead atoms. The molecule has 3 aromatic rings. The van der Waals surface area contributed by atoms with E-state index in [0.717, 1.165) is 11.1 Å². The van der Waals surface area contributed by atoms with Crippen LogP contribution in [0.2, 0.25) is 10.0 Å². The fourth-order valence-corrected chi connectivity index (χ4v) is 2.99. The molecule has 0 aliphatic rings. The van der Waals surface area contributed by atoms with Crippen LogP contribution in [0, 0.1) is 13.8 Å². The van der Waals surface area contributed by atoms with E-state index in [1.165, 1.54) is 6.07 Å². The van der Waals surface area contributed by atoms with Gasteiger partial charge < -0.3 is 9.52 Å². The van der Waals surface area contributed by atoms with E-state index in [-0.39, 0.29) is 5.76 Å². The molecule has 0 saturated carbocycles. The molecular formula is C17H12Cl2O3. The lowest BCUT2D eigenvalue weighted by Crippen LogP contribution is -2.04. The molecule has 0 radical (unpaired) electrons. The summed E-state index contributed by atoms with van der Waals surface area (Å²) in [6.45, 7) is 3.73. The first-order valence-corrected chi connectivity index (χ1v) is 7.36. The number of halogens is 2. The van der Waals surface area contributed by atoms with Gasteiger partial charge in [0.25, 0.3) is 0 Å². The highest BCUT2D eigenvalue weighted by Gasteiger charge is 2.18. The number of aromatic hydroxyl groups is 1. The Bertz CT molecular complexity index is 958. The van der Waals surface area contributed by atoms with Crippen molar-refractivity contribution in [3.63, 3.8) is 0 Å². The van der Waals surface area contributed by atoms with Gasteiger partial charge in [-0.2, -0.15) is 0 Å². The Morgan fingerprint density at radius 1 is 1.09 bits per heavy atom. The molecule has 3 nitrogen and oxygen atoms in total. The van der Waals surface area contributed by atoms with Crippen LogP contribution >= 0.6 is 23.2 Å². The van der Waals surface area contributed by atoms with Crippen molar-refractivity contribution in [1.29, 1.82) is 0 Å². The summed E-state index contributed by atoms with van der Waals surface area (Å²) in [5.41, 5.74) is 2.12. The fourth-order valence-electron chi connectivity index (χ4n) is 2.50. The summed E-state index contributed by atoms with van der Waals surface area (Å²) >= 11 is 12.0. The van der Waals surface area contributed by atoms with Crippen LogP contribution in [0.15, 0.2) is 39.5 Å². The monoisotopic (exact) mass is 334 g/mol. The van der Waals surface area contributed by atoms with Gasteiger partial charge in [0.2, 0.25) is 11.2 Å². The van der Waals surface area contributed by atoms with Gasteiger partial charge >= 0.3 is 0 Å². The lowest BCUT2D eigenvalue weighted by atomic mass is 10.1. The summed E-state index contributed by atoms with van der Waals surface area (Å²) in [4.78, 5) is 12.4. The fraction of sp³-hybridized carbons (Fsp3) is 0.118. The quantitative estimate of drug-likeness (QED) is 0.674. The van der Waals surface area contributed by atoms with Crippen LogP contribution < -0.4 is 5.43 Å². The van der Waals surface area contributed by atoms with Crippen LogP contribution in [0.4, 0.5) is 0 Å². The van der Waals surface area contributed by atoms with E-state index >= 15 is 0 Å². The summed E-state index contributed by atoms with van der Waals surface area (Å²) in [7, 11) is 0. The molecular weight excluding hydrogens is 323 g/mol. The van der Waals surface area contributed by atoms with E-state index in [1.54, 1.807) is 18.2 Å². The molecule has 0 aliphatic heterocycles. The molecule has 1 heterocycles. The SMILES string of the molecule is Cc1cc(C)c2oc(-c3ccc(Cl)cc3Cl)c(O)c(=O)c2c1. The smallest absolute Gasteiger partial charge is 0.235 e. The Balaban J connectivity index is 2.41. The number of hydrogen-bond acceptors (Lipinski definition) is 3. The predicted molar refractivity (Wildman–Crippen MR) is 89.1 cm³/mol. The third-order valence-electron chi connectivity index (χ3n) is 3.47. The van der Waals surface area contributed by atoms with E-state index in [2.05, 4.69) is 0 Å². The first-order valence-electron chi connectivity index (χ1n) is 6.61. The normalized spacial score (nSPS) is 11.1. The maximum Gasteiger partial charge on any atom is 0.235 e. The zero-order valence-corrected chi connectivity index (χ0v) is 13.4. The minimum atomic E-state index is -0.478. The van der Waals surface area contributed by atoms with Gasteiger partial charge in [-0.15, -0.1) is 0 Å². The maximum absolute atomic E-state index is 12.4. The average Bonchev–Trinajstić information content (AvgIpc) is 2.44. The molecule has 0 fully saturated rings. The molecule has 2 aromatic carbocycles. The van der Waals surface area contributed by atoms with Gasteiger partial charge in [0, 0.05) is 10.6 Å². The van der Waals surface area contributed by atoms with Crippen molar-refractivity contribution >= 4 is 34.2 Å². The van der Waals surface area contributed by atoms with Gasteiger partial charge in [-0.25, -0.2) is 0 Å². The maximum atomic E-state index is 12.4. The standard InChI is InChI=1S/C17H12Cl2O3/c1-8-5-9(2)16-12(6-8)14(20)15(21)17(22-16)11-4-3-10(18)7-13(11)19/h3-7,21H,1-2H3. The average molecular weight is 335 g/mol. The van der Waals surface area contributed by atoms with Gasteiger partial charge in [0.05, 0.1) is 10.4 Å². The molecule has 0 unspecified atom stereocenters. The Labute approximate surface area is 136 Å². The third kappa shape index (κ3) is 2.36. The second-order valence-electron chi connectivity index (χ2n) is 5.19. The number of fused-ring (bicyclic) bond motifs is 1. The number of aryl methyl sites for hydroxylation is 2. The molecule has 1 N–H and O–H groups in total. The Morgan fingerprint density at radius 2 is 1.82 bits per heavy atom. The van der Waals surface area contributed by atoms with Crippen molar-refractivity contribution in [2.75, 3.05) is 0 Å². The van der Waals surface area contributed by atoms with Crippen LogP contribution in [-0.2, 0) is 0 Å². The van der Waals surface area contributed by atoms with Crippen molar-refractivity contribution in [3.8, 4) is 17.1 Å². The largest absolute Gasteiger partial charge is 0.502 e. The second kappa shape index (κ2) is 5.34. The predicted octanol–water partition coefficient (Wildman–Crippen LogP) is 5.09. The second-order valence-corrected chi connectivity index (χ2v) is 6.04. The number of rotatable bonds is 1. The van der Waals surface area contributed by atoms with Crippen molar-refractivity contribution in [2.24, 2.45) is 0 Å². The molecule has 112 valence electrons. The Kier molecular flexibility index (Phi) is 3.63. The van der Waals surface area contributed by atoms with Crippen molar-refractivity contribution < 1.29 is 9.52 Å². The lowest BCUT2D eigenvalue weighted by molar-refractivity contribution is 0.449. The molecule has 1 aromatic heterocycles. The van der Waals surface area contributed by atoms with Crippen molar-refractivity contribution in [2.45, 2.75) is 13.8 Å². The van der Waals surface area contributed by atoms with Crippen LogP contribution in [-0.4, -0.2) is 5.11 Å². The van der Waals surface area contributed by atoms with Gasteiger partial charge in [0.1, 0.15) is 5.58 Å². The molecule has 5 heteroatoms. The summed E-state index contributed by atoms with van der Waals surface area (Å²) < 4.78 is 5.79. The van der Waals surface area contributed by atoms with Gasteiger partial charge in [0.15, 0.2) is 5.76 Å². The summed E-state index contributed by atoms with van der Waals surface area (Å²) in [6.07, 6.45) is 0. The highest BCUT2D eigenvalue weighted by atomic mass is 35.5. The minimum Gasteiger partial charge on any atom is -0.502 e. The molecule has 3 rings (SSSR count). The van der Waals surface area contributed by atoms with E-state index in [0.29, 0.717) is 26.6 Å². The number of hydrogen-bond donors (Lipinski definition) is 1. The zero-order chi connectivity index (χ0) is 16.0. The van der Waals surface area contributed by atoms with Crippen LogP contribution in [0.25, 0.3) is 22.3 Å². The lowest BCUT2D eigenvalue weighted by Gasteiger charge is -2.10. The Hall–Kier alpha value is -1.97. The highest BCUT2D eigenvalue weighted by Crippen LogP contribution is 2.36. The van der Waals surface area contributed by atoms with Crippen molar-refractivity contribution in [3.05, 3.63) is 61.7 Å². The van der Waals surface area contributed by atoms with E-state index < -0.39 is 11.2 Å². The van der Waals surface area contributed by atoms with Gasteiger partial charge in [-0.05, 0) is 49.2 Å². The first kappa shape index (κ1) is 14.9. The minimum absolute atomic E-state index is 0.0473. The summed E-state index contributed by atoms with van der Waals surface area (Å²) in [6, 6.07) is 8.37. The van der Waals surface area contributed by atoms with Crippen LogP contribution in [0.1, 0.15) is 11.1 Å². The van der Waals surface area contributed by atoms with Gasteiger partial charge in [-0.3, -0.25) is 4.79 Å². The van der Waals surface area contributed by atoms with E-state index in [4.69, 9.17) is 27.6 Å². The third-order valence-corrected chi connectivity index (χ3v) is 4.02.